The number of carbonyl (C=O) groups is 1. The number of hydrogen-bond donors (Lipinski definition) is 0. The van der Waals surface area contributed by atoms with E-state index in [9.17, 15) is 13.6 Å². The molecule has 1 rings (SSSR count). The number of rotatable bonds is 3. The quantitative estimate of drug-likeness (QED) is 0.757. The predicted molar refractivity (Wildman–Crippen MR) is 54.4 cm³/mol. The first-order valence-corrected chi connectivity index (χ1v) is 4.75. The fraction of sp³-hybridized carbons (Fsp3) is 0.364. The summed E-state index contributed by atoms with van der Waals surface area (Å²) in [5, 5.41) is 8.80. The zero-order chi connectivity index (χ0) is 13.0. The van der Waals surface area contributed by atoms with E-state index in [4.69, 9.17) is 5.26 Å². The fourth-order valence-corrected chi connectivity index (χ4v) is 1.32. The molecule has 0 atom stereocenters. The van der Waals surface area contributed by atoms with E-state index in [0.717, 1.165) is 0 Å². The summed E-state index contributed by atoms with van der Waals surface area (Å²) in [6, 6.07) is 3.11. The zero-order valence-electron chi connectivity index (χ0n) is 9.33. The summed E-state index contributed by atoms with van der Waals surface area (Å²) in [6.45, 7) is 1.40. The Bertz CT molecular complexity index is 481. The molecule has 6 heteroatoms. The fourth-order valence-electron chi connectivity index (χ4n) is 1.32. The van der Waals surface area contributed by atoms with Crippen LogP contribution in [0, 0.1) is 18.3 Å². The van der Waals surface area contributed by atoms with Crippen LogP contribution in [-0.4, -0.2) is 18.1 Å². The monoisotopic (exact) mass is 240 g/mol. The van der Waals surface area contributed by atoms with Crippen LogP contribution in [0.3, 0.4) is 0 Å². The molecule has 0 radical (unpaired) electrons. The van der Waals surface area contributed by atoms with E-state index in [1.165, 1.54) is 20.1 Å². The van der Waals surface area contributed by atoms with Gasteiger partial charge < -0.3 is 4.74 Å². The van der Waals surface area contributed by atoms with Crippen molar-refractivity contribution in [1.82, 2.24) is 4.98 Å². The molecule has 0 fully saturated rings. The Hall–Kier alpha value is -2.03. The number of alkyl halides is 2. The minimum Gasteiger partial charge on any atom is -0.469 e. The number of halogens is 2. The first-order valence-electron chi connectivity index (χ1n) is 4.75. The molecule has 4 nitrogen and oxygen atoms in total. The maximum Gasteiger partial charge on any atom is 0.311 e. The maximum absolute atomic E-state index is 12.7. The number of ether oxygens (including phenoxy) is 1. The standard InChI is InChI=1S/C11H10F2N2O2/c1-6-7(5-14)3-8(4-9(16)17-2)15-10(6)11(12)13/h3,11H,4H2,1-2H3. The molecule has 0 unspecified atom stereocenters. The summed E-state index contributed by atoms with van der Waals surface area (Å²) < 4.78 is 29.7. The lowest BCUT2D eigenvalue weighted by Gasteiger charge is -2.08. The van der Waals surface area contributed by atoms with Crippen LogP contribution in [0.25, 0.3) is 0 Å². The van der Waals surface area contributed by atoms with Gasteiger partial charge >= 0.3 is 5.97 Å². The van der Waals surface area contributed by atoms with Gasteiger partial charge in [0.25, 0.3) is 6.43 Å². The molecular weight excluding hydrogens is 230 g/mol. The number of esters is 1. The van der Waals surface area contributed by atoms with Crippen LogP contribution in [0.5, 0.6) is 0 Å². The topological polar surface area (TPSA) is 63.0 Å². The molecule has 0 aromatic carbocycles. The van der Waals surface area contributed by atoms with Crippen molar-refractivity contribution < 1.29 is 18.3 Å². The SMILES string of the molecule is COC(=O)Cc1cc(C#N)c(C)c(C(F)F)n1. The molecule has 0 amide bonds. The highest BCUT2D eigenvalue weighted by Crippen LogP contribution is 2.23. The Morgan fingerprint density at radius 1 is 1.65 bits per heavy atom. The van der Waals surface area contributed by atoms with E-state index in [0.29, 0.717) is 0 Å². The van der Waals surface area contributed by atoms with Gasteiger partial charge in [-0.05, 0) is 18.6 Å². The van der Waals surface area contributed by atoms with Crippen LogP contribution in [-0.2, 0) is 16.0 Å². The summed E-state index contributed by atoms with van der Waals surface area (Å²) in [5.41, 5.74) is -0.137. The zero-order valence-corrected chi connectivity index (χ0v) is 9.33. The Kier molecular flexibility index (Phi) is 4.10. The van der Waals surface area contributed by atoms with Gasteiger partial charge in [-0.15, -0.1) is 0 Å². The minimum absolute atomic E-state index is 0.0919. The number of carbonyl (C=O) groups excluding carboxylic acids is 1. The molecule has 0 spiro atoms. The van der Waals surface area contributed by atoms with Crippen LogP contribution in [0.4, 0.5) is 8.78 Å². The number of pyridine rings is 1. The van der Waals surface area contributed by atoms with Crippen molar-refractivity contribution in [2.45, 2.75) is 19.8 Å². The van der Waals surface area contributed by atoms with Crippen LogP contribution >= 0.6 is 0 Å². The molecule has 90 valence electrons. The number of hydrogen-bond acceptors (Lipinski definition) is 4. The molecular formula is C11H10F2N2O2. The van der Waals surface area contributed by atoms with Crippen molar-refractivity contribution in [3.05, 3.63) is 28.6 Å². The molecule has 1 aromatic rings. The van der Waals surface area contributed by atoms with Crippen LogP contribution in [0.1, 0.15) is 28.9 Å². The van der Waals surface area contributed by atoms with E-state index in [2.05, 4.69) is 9.72 Å². The normalized spacial score (nSPS) is 10.1. The summed E-state index contributed by atoms with van der Waals surface area (Å²) in [5.74, 6) is -0.592. The molecule has 0 aliphatic rings. The van der Waals surface area contributed by atoms with Gasteiger partial charge in [-0.25, -0.2) is 8.78 Å². The molecule has 1 heterocycles. The lowest BCUT2D eigenvalue weighted by molar-refractivity contribution is -0.139. The van der Waals surface area contributed by atoms with E-state index in [1.54, 1.807) is 6.07 Å². The van der Waals surface area contributed by atoms with Gasteiger partial charge in [0, 0.05) is 0 Å². The highest BCUT2D eigenvalue weighted by Gasteiger charge is 2.18. The lowest BCUT2D eigenvalue weighted by Crippen LogP contribution is -2.09. The van der Waals surface area contributed by atoms with Crippen LogP contribution < -0.4 is 0 Å². The lowest BCUT2D eigenvalue weighted by atomic mass is 10.1. The summed E-state index contributed by atoms with van der Waals surface area (Å²) in [4.78, 5) is 14.7. The molecule has 1 aromatic heterocycles. The van der Waals surface area contributed by atoms with Gasteiger partial charge in [-0.1, -0.05) is 0 Å². The van der Waals surface area contributed by atoms with Gasteiger partial charge in [0.2, 0.25) is 0 Å². The maximum atomic E-state index is 12.7. The molecule has 0 saturated heterocycles. The minimum atomic E-state index is -2.78. The van der Waals surface area contributed by atoms with Crippen molar-refractivity contribution >= 4 is 5.97 Å². The van der Waals surface area contributed by atoms with Crippen molar-refractivity contribution in [2.24, 2.45) is 0 Å². The molecule has 0 N–H and O–H groups in total. The van der Waals surface area contributed by atoms with Crippen molar-refractivity contribution in [2.75, 3.05) is 7.11 Å². The van der Waals surface area contributed by atoms with Gasteiger partial charge in [0.1, 0.15) is 5.69 Å². The van der Waals surface area contributed by atoms with Gasteiger partial charge in [-0.3, -0.25) is 9.78 Å². The van der Waals surface area contributed by atoms with E-state index >= 15 is 0 Å². The Morgan fingerprint density at radius 2 is 2.29 bits per heavy atom. The number of nitrogens with zero attached hydrogens (tertiary/aromatic N) is 2. The van der Waals surface area contributed by atoms with Gasteiger partial charge in [-0.2, -0.15) is 5.26 Å². The third-order valence-corrected chi connectivity index (χ3v) is 2.24. The number of aromatic nitrogens is 1. The van der Waals surface area contributed by atoms with Crippen LogP contribution in [0.2, 0.25) is 0 Å². The van der Waals surface area contributed by atoms with Crippen molar-refractivity contribution in [3.63, 3.8) is 0 Å². The third-order valence-electron chi connectivity index (χ3n) is 2.24. The second-order valence-electron chi connectivity index (χ2n) is 3.34. The molecule has 17 heavy (non-hydrogen) atoms. The molecule has 0 aliphatic heterocycles. The smallest absolute Gasteiger partial charge is 0.311 e. The average Bonchev–Trinajstić information content (AvgIpc) is 2.30. The molecule has 0 saturated carbocycles. The van der Waals surface area contributed by atoms with Crippen molar-refractivity contribution in [3.8, 4) is 6.07 Å². The Balaban J connectivity index is 3.21. The Labute approximate surface area is 96.8 Å². The number of methoxy groups -OCH3 is 1. The third kappa shape index (κ3) is 2.97. The molecule has 0 aliphatic carbocycles. The van der Waals surface area contributed by atoms with E-state index in [-0.39, 0.29) is 23.2 Å². The summed E-state index contributed by atoms with van der Waals surface area (Å²) in [7, 11) is 1.19. The highest BCUT2D eigenvalue weighted by atomic mass is 19.3. The first kappa shape index (κ1) is 13.0. The first-order chi connectivity index (χ1) is 7.99. The van der Waals surface area contributed by atoms with Crippen LogP contribution in [0.15, 0.2) is 6.07 Å². The Morgan fingerprint density at radius 3 is 2.76 bits per heavy atom. The summed E-state index contributed by atoms with van der Waals surface area (Å²) >= 11 is 0. The van der Waals surface area contributed by atoms with E-state index < -0.39 is 18.1 Å². The highest BCUT2D eigenvalue weighted by molar-refractivity contribution is 5.72. The number of nitriles is 1. The average molecular weight is 240 g/mol. The summed E-state index contributed by atoms with van der Waals surface area (Å²) in [6.07, 6.45) is -3.01. The second-order valence-corrected chi connectivity index (χ2v) is 3.34. The second kappa shape index (κ2) is 5.34. The molecule has 0 bridgehead atoms. The predicted octanol–water partition coefficient (Wildman–Crippen LogP) is 1.91. The van der Waals surface area contributed by atoms with E-state index in [1.807, 2.05) is 0 Å². The van der Waals surface area contributed by atoms with Gasteiger partial charge in [0.15, 0.2) is 0 Å². The van der Waals surface area contributed by atoms with Crippen molar-refractivity contribution in [1.29, 1.82) is 5.26 Å². The van der Waals surface area contributed by atoms with Gasteiger partial charge in [0.05, 0.1) is 30.9 Å². The largest absolute Gasteiger partial charge is 0.469 e.